The lowest BCUT2D eigenvalue weighted by Gasteiger charge is -2.13. The molecule has 1 aromatic carbocycles. The van der Waals surface area contributed by atoms with Crippen molar-refractivity contribution in [1.82, 2.24) is 14.7 Å². The van der Waals surface area contributed by atoms with E-state index in [9.17, 15) is 13.2 Å². The molecule has 6 nitrogen and oxygen atoms in total. The zero-order valence-corrected chi connectivity index (χ0v) is 13.9. The molecule has 0 spiro atoms. The molecule has 24 heavy (non-hydrogen) atoms. The van der Waals surface area contributed by atoms with Gasteiger partial charge in [-0.1, -0.05) is 30.3 Å². The van der Waals surface area contributed by atoms with Gasteiger partial charge in [-0.15, -0.1) is 0 Å². The Bertz CT molecular complexity index is 965. The van der Waals surface area contributed by atoms with E-state index in [0.717, 1.165) is 0 Å². The minimum absolute atomic E-state index is 0.0872. The van der Waals surface area contributed by atoms with Crippen LogP contribution in [0.4, 0.5) is 0 Å². The summed E-state index contributed by atoms with van der Waals surface area (Å²) in [5, 5.41) is 0.520. The number of carbonyl (C=O) groups excluding carboxylic acids is 1. The molecule has 7 heteroatoms. The van der Waals surface area contributed by atoms with Gasteiger partial charge in [0, 0.05) is 35.8 Å². The summed E-state index contributed by atoms with van der Waals surface area (Å²) >= 11 is 0. The van der Waals surface area contributed by atoms with Crippen molar-refractivity contribution in [3.63, 3.8) is 0 Å². The van der Waals surface area contributed by atoms with Crippen molar-refractivity contribution in [3.05, 3.63) is 60.4 Å². The monoisotopic (exact) mass is 343 g/mol. The molecule has 0 fully saturated rings. The van der Waals surface area contributed by atoms with E-state index in [1.54, 1.807) is 49.5 Å². The first-order valence-electron chi connectivity index (χ1n) is 7.50. The van der Waals surface area contributed by atoms with Crippen LogP contribution in [0.15, 0.2) is 59.8 Å². The Morgan fingerprint density at radius 3 is 2.71 bits per heavy atom. The van der Waals surface area contributed by atoms with Crippen LogP contribution in [0.1, 0.15) is 23.7 Å². The summed E-state index contributed by atoms with van der Waals surface area (Å²) < 4.78 is 27.7. The highest BCUT2D eigenvalue weighted by Crippen LogP contribution is 2.21. The predicted molar refractivity (Wildman–Crippen MR) is 91.3 cm³/mol. The zero-order valence-electron chi connectivity index (χ0n) is 13.1. The molecular weight excluding hydrogens is 326 g/mol. The summed E-state index contributed by atoms with van der Waals surface area (Å²) in [5.41, 5.74) is 1.07. The van der Waals surface area contributed by atoms with Crippen molar-refractivity contribution < 1.29 is 13.2 Å². The van der Waals surface area contributed by atoms with Crippen molar-refractivity contribution in [2.75, 3.05) is 0 Å². The summed E-state index contributed by atoms with van der Waals surface area (Å²) in [6, 6.07) is 11.7. The highest BCUT2D eigenvalue weighted by molar-refractivity contribution is 7.89. The number of hydrogen-bond donors (Lipinski definition) is 2. The Hall–Kier alpha value is -2.51. The van der Waals surface area contributed by atoms with Gasteiger partial charge in [0.15, 0.2) is 5.78 Å². The highest BCUT2D eigenvalue weighted by atomic mass is 32.2. The van der Waals surface area contributed by atoms with Crippen molar-refractivity contribution >= 4 is 26.8 Å². The van der Waals surface area contributed by atoms with Crippen LogP contribution in [-0.4, -0.2) is 30.2 Å². The van der Waals surface area contributed by atoms with Gasteiger partial charge in [-0.05, 0) is 19.1 Å². The topological polar surface area (TPSA) is 91.9 Å². The Kier molecular flexibility index (Phi) is 4.46. The quantitative estimate of drug-likeness (QED) is 0.673. The molecule has 0 aliphatic carbocycles. The lowest BCUT2D eigenvalue weighted by molar-refractivity contribution is 0.0975. The van der Waals surface area contributed by atoms with Crippen molar-refractivity contribution in [2.24, 2.45) is 0 Å². The Morgan fingerprint density at radius 1 is 1.21 bits per heavy atom. The molecule has 2 heterocycles. The number of nitrogens with one attached hydrogen (secondary N) is 2. The van der Waals surface area contributed by atoms with E-state index in [1.165, 1.54) is 6.20 Å². The Labute approximate surface area is 140 Å². The number of fused-ring (bicyclic) bond motifs is 1. The lowest BCUT2D eigenvalue weighted by Crippen LogP contribution is -2.34. The van der Waals surface area contributed by atoms with E-state index in [2.05, 4.69) is 14.7 Å². The number of carbonyl (C=O) groups is 1. The summed E-state index contributed by atoms with van der Waals surface area (Å²) in [7, 11) is -3.74. The van der Waals surface area contributed by atoms with Gasteiger partial charge in [0.2, 0.25) is 10.0 Å². The average Bonchev–Trinajstić information content (AvgIpc) is 3.00. The van der Waals surface area contributed by atoms with E-state index in [-0.39, 0.29) is 17.1 Å². The number of benzene rings is 1. The molecule has 0 saturated carbocycles. The maximum atomic E-state index is 12.6. The Balaban J connectivity index is 1.76. The standard InChI is InChI=1S/C17H17N3O3S/c1-12(10-15(21)13-6-3-2-4-7-13)20-24(22,23)16-11-19-17-14(16)8-5-9-18-17/h2-9,11-12,20H,10H2,1H3,(H,18,19)/t12-/m1/s1. The summed E-state index contributed by atoms with van der Waals surface area (Å²) in [5.74, 6) is -0.105. The van der Waals surface area contributed by atoms with Crippen molar-refractivity contribution in [2.45, 2.75) is 24.3 Å². The normalized spacial score (nSPS) is 13.0. The molecule has 0 saturated heterocycles. The second-order valence-electron chi connectivity index (χ2n) is 5.57. The molecule has 124 valence electrons. The summed E-state index contributed by atoms with van der Waals surface area (Å²) in [6.45, 7) is 1.67. The third-order valence-corrected chi connectivity index (χ3v) is 5.28. The number of ketones is 1. The number of hydrogen-bond acceptors (Lipinski definition) is 4. The number of nitrogens with zero attached hydrogens (tertiary/aromatic N) is 1. The number of pyridine rings is 1. The molecule has 0 radical (unpaired) electrons. The van der Waals surface area contributed by atoms with Crippen molar-refractivity contribution in [1.29, 1.82) is 0 Å². The molecule has 0 aliphatic heterocycles. The third kappa shape index (κ3) is 3.37. The molecule has 0 amide bonds. The number of sulfonamides is 1. The average molecular weight is 343 g/mol. The first kappa shape index (κ1) is 16.4. The van der Waals surface area contributed by atoms with E-state index in [0.29, 0.717) is 16.6 Å². The third-order valence-electron chi connectivity index (χ3n) is 3.65. The first-order valence-corrected chi connectivity index (χ1v) is 8.98. The van der Waals surface area contributed by atoms with Gasteiger partial charge in [-0.25, -0.2) is 18.1 Å². The molecule has 3 aromatic rings. The van der Waals surface area contributed by atoms with E-state index in [4.69, 9.17) is 0 Å². The maximum absolute atomic E-state index is 12.6. The fraction of sp³-hybridized carbons (Fsp3) is 0.176. The SMILES string of the molecule is C[C@H](CC(=O)c1ccccc1)NS(=O)(=O)c1c[nH]c2ncccc12. The van der Waals surface area contributed by atoms with Crippen LogP contribution < -0.4 is 4.72 Å². The second-order valence-corrected chi connectivity index (χ2v) is 7.25. The van der Waals surface area contributed by atoms with Gasteiger partial charge in [0.25, 0.3) is 0 Å². The maximum Gasteiger partial charge on any atom is 0.243 e. The number of aromatic amines is 1. The summed E-state index contributed by atoms with van der Waals surface area (Å²) in [4.78, 5) is 19.2. The molecule has 0 aliphatic rings. The molecule has 2 N–H and O–H groups in total. The van der Waals surface area contributed by atoms with Crippen LogP contribution in [-0.2, 0) is 10.0 Å². The number of Topliss-reactive ketones (excluding diaryl/α,β-unsaturated/α-hetero) is 1. The Morgan fingerprint density at radius 2 is 1.96 bits per heavy atom. The van der Waals surface area contributed by atoms with Crippen LogP contribution in [0.2, 0.25) is 0 Å². The minimum Gasteiger partial charge on any atom is -0.345 e. The van der Waals surface area contributed by atoms with Crippen LogP contribution in [0.5, 0.6) is 0 Å². The molecular formula is C17H17N3O3S. The van der Waals surface area contributed by atoms with Crippen LogP contribution in [0.25, 0.3) is 11.0 Å². The smallest absolute Gasteiger partial charge is 0.243 e. The van der Waals surface area contributed by atoms with Gasteiger partial charge < -0.3 is 4.98 Å². The van der Waals surface area contributed by atoms with Gasteiger partial charge in [0.05, 0.1) is 0 Å². The largest absolute Gasteiger partial charge is 0.345 e. The van der Waals surface area contributed by atoms with Gasteiger partial charge in [-0.3, -0.25) is 4.79 Å². The molecule has 3 rings (SSSR count). The second kappa shape index (κ2) is 6.54. The fourth-order valence-electron chi connectivity index (χ4n) is 2.54. The zero-order chi connectivity index (χ0) is 17.2. The van der Waals surface area contributed by atoms with Gasteiger partial charge in [0.1, 0.15) is 10.5 Å². The van der Waals surface area contributed by atoms with Crippen LogP contribution in [0, 0.1) is 0 Å². The number of H-pyrrole nitrogens is 1. The van der Waals surface area contributed by atoms with E-state index >= 15 is 0 Å². The van der Waals surface area contributed by atoms with E-state index < -0.39 is 16.1 Å². The molecule has 2 aromatic heterocycles. The predicted octanol–water partition coefficient (Wildman–Crippen LogP) is 2.50. The highest BCUT2D eigenvalue weighted by Gasteiger charge is 2.23. The first-order chi connectivity index (χ1) is 11.5. The van der Waals surface area contributed by atoms with Crippen LogP contribution in [0.3, 0.4) is 0 Å². The van der Waals surface area contributed by atoms with Gasteiger partial charge >= 0.3 is 0 Å². The summed E-state index contributed by atoms with van der Waals surface area (Å²) in [6.07, 6.45) is 3.08. The van der Waals surface area contributed by atoms with Crippen LogP contribution >= 0.6 is 0 Å². The minimum atomic E-state index is -3.74. The lowest BCUT2D eigenvalue weighted by atomic mass is 10.1. The van der Waals surface area contributed by atoms with Crippen molar-refractivity contribution in [3.8, 4) is 0 Å². The number of rotatable bonds is 6. The molecule has 1 atom stereocenters. The molecule has 0 unspecified atom stereocenters. The molecule has 0 bridgehead atoms. The number of aromatic nitrogens is 2. The van der Waals surface area contributed by atoms with Gasteiger partial charge in [-0.2, -0.15) is 0 Å². The fourth-order valence-corrected chi connectivity index (χ4v) is 3.95. The van der Waals surface area contributed by atoms with E-state index in [1.807, 2.05) is 6.07 Å².